The van der Waals surface area contributed by atoms with Crippen LogP contribution in [0.1, 0.15) is 53.0 Å². The second-order valence-corrected chi connectivity index (χ2v) is 7.17. The molecule has 3 nitrogen and oxygen atoms in total. The van der Waals surface area contributed by atoms with Crippen molar-refractivity contribution < 1.29 is 22.4 Å². The molecule has 1 aromatic rings. The SMILES string of the molecule is C#C.C=C/C(=C/C)N1CN(c2ccc(F)cc2CC)C(=C/CC(F)(F)F)/C(=C\C)C1=O.CCC. The standard InChI is InChI=1S/C22H24F4N2O.C3H8.C2H2/c1-5-15-13-16(23)9-10-19(15)28-14-27(17(6-2)7-3)21(29)18(8-4)20(28)11-12-22(24,25)26;1-3-2;1-2/h6-11,13H,2,5,12,14H2,1,3-4H3;3H2,1-2H3;1-2H/b17-7-,18-8+,20-11+;;. The molecule has 0 aliphatic carbocycles. The first-order valence-corrected chi connectivity index (χ1v) is 11.0. The molecular formula is C27H34F4N2O. The highest BCUT2D eigenvalue weighted by molar-refractivity contribution is 6.02. The lowest BCUT2D eigenvalue weighted by Crippen LogP contribution is -2.48. The van der Waals surface area contributed by atoms with Crippen LogP contribution in [0.15, 0.2) is 66.0 Å². The van der Waals surface area contributed by atoms with E-state index in [-0.39, 0.29) is 17.9 Å². The van der Waals surface area contributed by atoms with E-state index in [0.29, 0.717) is 23.4 Å². The molecule has 0 N–H and O–H groups in total. The van der Waals surface area contributed by atoms with Gasteiger partial charge in [-0.1, -0.05) is 52.0 Å². The van der Waals surface area contributed by atoms with Crippen LogP contribution in [0.25, 0.3) is 0 Å². The third-order valence-electron chi connectivity index (χ3n) is 4.67. The van der Waals surface area contributed by atoms with E-state index in [1.165, 1.54) is 41.7 Å². The molecule has 0 aromatic heterocycles. The van der Waals surface area contributed by atoms with Gasteiger partial charge in [0.05, 0.1) is 17.7 Å². The van der Waals surface area contributed by atoms with Crippen molar-refractivity contribution in [2.45, 2.75) is 60.1 Å². The highest BCUT2D eigenvalue weighted by atomic mass is 19.4. The number of hydrogen-bond donors (Lipinski definition) is 0. The summed E-state index contributed by atoms with van der Waals surface area (Å²) in [4.78, 5) is 16.1. The van der Waals surface area contributed by atoms with Crippen LogP contribution in [0.2, 0.25) is 0 Å². The van der Waals surface area contributed by atoms with Crippen LogP contribution in [0, 0.1) is 18.7 Å². The third kappa shape index (κ3) is 8.26. The normalized spacial score (nSPS) is 16.6. The van der Waals surface area contributed by atoms with Crippen molar-refractivity contribution in [1.82, 2.24) is 4.90 Å². The highest BCUT2D eigenvalue weighted by Gasteiger charge is 2.35. The quantitative estimate of drug-likeness (QED) is 0.189. The number of carbonyl (C=O) groups is 1. The fourth-order valence-electron chi connectivity index (χ4n) is 3.28. The molecule has 186 valence electrons. The number of halogens is 4. The average molecular weight is 479 g/mol. The zero-order valence-corrected chi connectivity index (χ0v) is 20.5. The summed E-state index contributed by atoms with van der Waals surface area (Å²) >= 11 is 0. The zero-order chi connectivity index (χ0) is 26.5. The van der Waals surface area contributed by atoms with Crippen LogP contribution in [0.4, 0.5) is 23.2 Å². The number of terminal acetylenes is 1. The van der Waals surface area contributed by atoms with E-state index >= 15 is 0 Å². The molecule has 1 amide bonds. The van der Waals surface area contributed by atoms with Gasteiger partial charge in [-0.2, -0.15) is 13.2 Å². The van der Waals surface area contributed by atoms with Crippen LogP contribution < -0.4 is 4.90 Å². The van der Waals surface area contributed by atoms with Crippen LogP contribution in [-0.2, 0) is 11.2 Å². The van der Waals surface area contributed by atoms with Crippen molar-refractivity contribution in [3.05, 3.63) is 77.4 Å². The molecule has 1 saturated heterocycles. The number of nitrogens with zero attached hydrogens (tertiary/aromatic N) is 2. The Morgan fingerprint density at radius 2 is 1.76 bits per heavy atom. The van der Waals surface area contributed by atoms with E-state index in [1.54, 1.807) is 24.8 Å². The molecule has 0 saturated carbocycles. The fraction of sp³-hybridized carbons (Fsp3) is 0.370. The average Bonchev–Trinajstić information content (AvgIpc) is 2.80. The molecule has 0 atom stereocenters. The Balaban J connectivity index is 0.00000201. The minimum Gasteiger partial charge on any atom is -0.322 e. The van der Waals surface area contributed by atoms with Crippen LogP contribution in [-0.4, -0.2) is 23.7 Å². The maximum absolute atomic E-state index is 13.7. The lowest BCUT2D eigenvalue weighted by atomic mass is 10.0. The summed E-state index contributed by atoms with van der Waals surface area (Å²) in [6.07, 6.45) is 9.86. The lowest BCUT2D eigenvalue weighted by molar-refractivity contribution is -0.127. The maximum Gasteiger partial charge on any atom is 0.392 e. The van der Waals surface area contributed by atoms with Crippen molar-refractivity contribution in [3.8, 4) is 12.8 Å². The summed E-state index contributed by atoms with van der Waals surface area (Å²) in [5, 5.41) is 0. The summed E-state index contributed by atoms with van der Waals surface area (Å²) in [6.45, 7) is 13.1. The van der Waals surface area contributed by atoms with E-state index < -0.39 is 24.3 Å². The minimum atomic E-state index is -4.41. The Morgan fingerprint density at radius 3 is 2.21 bits per heavy atom. The summed E-state index contributed by atoms with van der Waals surface area (Å²) in [7, 11) is 0. The predicted octanol–water partition coefficient (Wildman–Crippen LogP) is 7.53. The van der Waals surface area contributed by atoms with Gasteiger partial charge in [-0.25, -0.2) is 4.39 Å². The van der Waals surface area contributed by atoms with E-state index in [0.717, 1.165) is 6.08 Å². The Morgan fingerprint density at radius 1 is 1.18 bits per heavy atom. The van der Waals surface area contributed by atoms with Gasteiger partial charge in [0.15, 0.2) is 0 Å². The fourth-order valence-corrected chi connectivity index (χ4v) is 3.28. The van der Waals surface area contributed by atoms with Gasteiger partial charge in [-0.05, 0) is 50.1 Å². The van der Waals surface area contributed by atoms with E-state index in [9.17, 15) is 22.4 Å². The number of carbonyl (C=O) groups excluding carboxylic acids is 1. The van der Waals surface area contributed by atoms with Gasteiger partial charge in [-0.3, -0.25) is 9.69 Å². The van der Waals surface area contributed by atoms with Crippen LogP contribution in [0.5, 0.6) is 0 Å². The first kappa shape index (κ1) is 30.7. The number of benzene rings is 1. The van der Waals surface area contributed by atoms with Gasteiger partial charge in [0.25, 0.3) is 5.91 Å². The highest BCUT2D eigenvalue weighted by Crippen LogP contribution is 2.35. The third-order valence-corrected chi connectivity index (χ3v) is 4.67. The number of rotatable bonds is 5. The molecule has 0 unspecified atom stereocenters. The van der Waals surface area contributed by atoms with Crippen LogP contribution >= 0.6 is 0 Å². The van der Waals surface area contributed by atoms with E-state index in [4.69, 9.17) is 0 Å². The largest absolute Gasteiger partial charge is 0.392 e. The number of aryl methyl sites for hydroxylation is 1. The molecule has 1 fully saturated rings. The van der Waals surface area contributed by atoms with Gasteiger partial charge in [0.1, 0.15) is 12.5 Å². The van der Waals surface area contributed by atoms with Crippen LogP contribution in [0.3, 0.4) is 0 Å². The number of alkyl halides is 3. The van der Waals surface area contributed by atoms with Crippen molar-refractivity contribution in [1.29, 1.82) is 0 Å². The van der Waals surface area contributed by atoms with E-state index in [1.807, 2.05) is 6.92 Å². The smallest absolute Gasteiger partial charge is 0.322 e. The van der Waals surface area contributed by atoms with Crippen molar-refractivity contribution in [2.24, 2.45) is 0 Å². The molecular weight excluding hydrogens is 444 g/mol. The molecule has 7 heteroatoms. The Bertz CT molecular complexity index is 940. The summed E-state index contributed by atoms with van der Waals surface area (Å²) < 4.78 is 52.5. The summed E-state index contributed by atoms with van der Waals surface area (Å²) in [5.74, 6) is -0.840. The molecule has 1 aliphatic heterocycles. The molecule has 34 heavy (non-hydrogen) atoms. The second kappa shape index (κ2) is 14.8. The number of hydrogen-bond acceptors (Lipinski definition) is 2. The molecule has 0 radical (unpaired) electrons. The number of amides is 1. The van der Waals surface area contributed by atoms with Gasteiger partial charge in [0.2, 0.25) is 0 Å². The Kier molecular flexibility index (Phi) is 13.4. The van der Waals surface area contributed by atoms with Gasteiger partial charge in [0, 0.05) is 11.4 Å². The molecule has 1 heterocycles. The topological polar surface area (TPSA) is 23.6 Å². The minimum absolute atomic E-state index is 0.00973. The Hall–Kier alpha value is -3.27. The maximum atomic E-state index is 13.7. The molecule has 1 aromatic carbocycles. The number of anilines is 1. The molecule has 1 aliphatic rings. The van der Waals surface area contributed by atoms with Crippen molar-refractivity contribution in [2.75, 3.05) is 11.6 Å². The number of allylic oxidation sites excluding steroid dienone is 4. The summed E-state index contributed by atoms with van der Waals surface area (Å²) in [5.41, 5.74) is 2.03. The predicted molar refractivity (Wildman–Crippen MR) is 132 cm³/mol. The molecule has 2 rings (SSSR count). The zero-order valence-electron chi connectivity index (χ0n) is 20.5. The van der Waals surface area contributed by atoms with Gasteiger partial charge in [-0.15, -0.1) is 12.8 Å². The summed E-state index contributed by atoms with van der Waals surface area (Å²) in [6, 6.07) is 4.15. The van der Waals surface area contributed by atoms with Gasteiger partial charge >= 0.3 is 6.18 Å². The molecule has 0 bridgehead atoms. The van der Waals surface area contributed by atoms with Gasteiger partial charge < -0.3 is 4.90 Å². The van der Waals surface area contributed by atoms with E-state index in [2.05, 4.69) is 33.3 Å². The lowest BCUT2D eigenvalue weighted by Gasteiger charge is -2.41. The molecule has 0 spiro atoms. The second-order valence-electron chi connectivity index (χ2n) is 7.17. The first-order chi connectivity index (χ1) is 16.1. The van der Waals surface area contributed by atoms with Crippen molar-refractivity contribution >= 4 is 11.6 Å². The van der Waals surface area contributed by atoms with Crippen molar-refractivity contribution in [3.63, 3.8) is 0 Å². The monoisotopic (exact) mass is 478 g/mol. The Labute approximate surface area is 201 Å². The first-order valence-electron chi connectivity index (χ1n) is 11.0.